The van der Waals surface area contributed by atoms with Gasteiger partial charge in [0.15, 0.2) is 0 Å². The summed E-state index contributed by atoms with van der Waals surface area (Å²) in [6, 6.07) is 25.4. The van der Waals surface area contributed by atoms with Crippen LogP contribution in [0.2, 0.25) is 0 Å². The molecule has 0 atom stereocenters. The maximum atomic E-state index is 5.49. The van der Waals surface area contributed by atoms with E-state index in [1.165, 1.54) is 20.0 Å². The van der Waals surface area contributed by atoms with Crippen molar-refractivity contribution in [1.82, 2.24) is 4.57 Å². The zero-order chi connectivity index (χ0) is 19.3. The summed E-state index contributed by atoms with van der Waals surface area (Å²) in [5.41, 5.74) is 3.48. The monoisotopic (exact) mass is 479 g/mol. The normalized spacial score (nSPS) is 11.4. The van der Waals surface area contributed by atoms with Crippen molar-refractivity contribution in [2.24, 2.45) is 0 Å². The molecule has 1 heterocycles. The van der Waals surface area contributed by atoms with Crippen molar-refractivity contribution >= 4 is 55.2 Å². The van der Waals surface area contributed by atoms with E-state index in [1.54, 1.807) is 14.2 Å². The van der Waals surface area contributed by atoms with Gasteiger partial charge in [0, 0.05) is 19.7 Å². The molecule has 0 spiro atoms. The Morgan fingerprint density at radius 2 is 1.29 bits per heavy atom. The van der Waals surface area contributed by atoms with Gasteiger partial charge in [0.05, 0.1) is 30.9 Å². The molecule has 0 unspecified atom stereocenters. The molecular formula is C24H18INO2. The Hall–Kier alpha value is -2.73. The number of halogens is 1. The standard InChI is InChI=1S/C24H18INO2/c1-27-16-9-11-21-18(13-16)19-14-17(28-2)10-12-22(19)26(21)23-8-4-6-15-5-3-7-20(25)24(15)23/h3-14H,1-2H3. The van der Waals surface area contributed by atoms with Crippen molar-refractivity contribution in [1.29, 1.82) is 0 Å². The van der Waals surface area contributed by atoms with Crippen molar-refractivity contribution in [3.05, 3.63) is 76.4 Å². The fourth-order valence-corrected chi connectivity index (χ4v) is 4.75. The lowest BCUT2D eigenvalue weighted by atomic mass is 10.1. The van der Waals surface area contributed by atoms with Crippen LogP contribution in [0.3, 0.4) is 0 Å². The fourth-order valence-electron chi connectivity index (χ4n) is 3.96. The molecule has 0 amide bonds. The van der Waals surface area contributed by atoms with Gasteiger partial charge in [-0.25, -0.2) is 0 Å². The molecule has 5 rings (SSSR count). The largest absolute Gasteiger partial charge is 0.497 e. The molecule has 0 aliphatic rings. The number of hydrogen-bond acceptors (Lipinski definition) is 2. The van der Waals surface area contributed by atoms with Crippen LogP contribution >= 0.6 is 22.6 Å². The van der Waals surface area contributed by atoms with Crippen LogP contribution in [0.25, 0.3) is 38.3 Å². The van der Waals surface area contributed by atoms with Crippen molar-refractivity contribution in [3.8, 4) is 17.2 Å². The number of nitrogens with zero attached hydrogens (tertiary/aromatic N) is 1. The van der Waals surface area contributed by atoms with Gasteiger partial charge in [-0.1, -0.05) is 24.3 Å². The minimum Gasteiger partial charge on any atom is -0.497 e. The Morgan fingerprint density at radius 3 is 1.86 bits per heavy atom. The molecule has 0 N–H and O–H groups in total. The third-order valence-corrected chi connectivity index (χ3v) is 6.15. The highest BCUT2D eigenvalue weighted by molar-refractivity contribution is 14.1. The Bertz CT molecular complexity index is 1290. The summed E-state index contributed by atoms with van der Waals surface area (Å²) in [6.07, 6.45) is 0. The molecule has 5 aromatic rings. The summed E-state index contributed by atoms with van der Waals surface area (Å²) in [7, 11) is 3.40. The first-order valence-corrected chi connectivity index (χ1v) is 10.1. The average molecular weight is 479 g/mol. The quantitative estimate of drug-likeness (QED) is 0.274. The van der Waals surface area contributed by atoms with Gasteiger partial charge in [-0.3, -0.25) is 0 Å². The number of aromatic nitrogens is 1. The number of fused-ring (bicyclic) bond motifs is 4. The molecule has 4 aromatic carbocycles. The van der Waals surface area contributed by atoms with Crippen LogP contribution in [0, 0.1) is 3.57 Å². The van der Waals surface area contributed by atoms with E-state index in [-0.39, 0.29) is 0 Å². The number of ether oxygens (including phenoxy) is 2. The van der Waals surface area contributed by atoms with Gasteiger partial charge in [0.25, 0.3) is 0 Å². The maximum absolute atomic E-state index is 5.49. The first-order chi connectivity index (χ1) is 13.7. The molecule has 0 radical (unpaired) electrons. The van der Waals surface area contributed by atoms with Crippen molar-refractivity contribution in [2.75, 3.05) is 14.2 Å². The summed E-state index contributed by atoms with van der Waals surface area (Å²) in [6.45, 7) is 0. The molecule has 4 heteroatoms. The molecule has 0 saturated carbocycles. The first kappa shape index (κ1) is 17.4. The van der Waals surface area contributed by atoms with Crippen molar-refractivity contribution in [2.45, 2.75) is 0 Å². The van der Waals surface area contributed by atoms with E-state index in [4.69, 9.17) is 9.47 Å². The Morgan fingerprint density at radius 1 is 0.714 bits per heavy atom. The van der Waals surface area contributed by atoms with E-state index in [0.717, 1.165) is 33.3 Å². The van der Waals surface area contributed by atoms with E-state index >= 15 is 0 Å². The van der Waals surface area contributed by atoms with Crippen molar-refractivity contribution < 1.29 is 9.47 Å². The number of methoxy groups -OCH3 is 2. The van der Waals surface area contributed by atoms with Crippen LogP contribution in [0.1, 0.15) is 0 Å². The van der Waals surface area contributed by atoms with E-state index < -0.39 is 0 Å². The van der Waals surface area contributed by atoms with Crippen LogP contribution in [-0.2, 0) is 0 Å². The smallest absolute Gasteiger partial charge is 0.119 e. The Kier molecular flexibility index (Phi) is 4.16. The highest BCUT2D eigenvalue weighted by atomic mass is 127. The van der Waals surface area contributed by atoms with E-state index in [2.05, 4.69) is 87.8 Å². The van der Waals surface area contributed by atoms with Gasteiger partial charge in [0.1, 0.15) is 11.5 Å². The molecule has 0 saturated heterocycles. The lowest BCUT2D eigenvalue weighted by Gasteiger charge is -2.13. The molecule has 28 heavy (non-hydrogen) atoms. The predicted octanol–water partition coefficient (Wildman–Crippen LogP) is 6.56. The number of benzene rings is 4. The predicted molar refractivity (Wildman–Crippen MR) is 124 cm³/mol. The molecule has 1 aromatic heterocycles. The lowest BCUT2D eigenvalue weighted by Crippen LogP contribution is -1.96. The van der Waals surface area contributed by atoms with Gasteiger partial charge in [0.2, 0.25) is 0 Å². The first-order valence-electron chi connectivity index (χ1n) is 9.05. The highest BCUT2D eigenvalue weighted by Crippen LogP contribution is 2.38. The molecule has 0 aliphatic heterocycles. The minimum atomic E-state index is 0.849. The second-order valence-electron chi connectivity index (χ2n) is 6.72. The molecule has 138 valence electrons. The molecule has 0 aliphatic carbocycles. The second-order valence-corrected chi connectivity index (χ2v) is 7.88. The number of rotatable bonds is 3. The van der Waals surface area contributed by atoms with Crippen LogP contribution in [0.4, 0.5) is 0 Å². The molecular weight excluding hydrogens is 461 g/mol. The third-order valence-electron chi connectivity index (χ3n) is 5.25. The fraction of sp³-hybridized carbons (Fsp3) is 0.0833. The van der Waals surface area contributed by atoms with Crippen molar-refractivity contribution in [3.63, 3.8) is 0 Å². The summed E-state index contributed by atoms with van der Waals surface area (Å²) < 4.78 is 14.6. The Balaban J connectivity index is 1.97. The van der Waals surface area contributed by atoms with Crippen LogP contribution < -0.4 is 9.47 Å². The van der Waals surface area contributed by atoms with Crippen LogP contribution in [0.5, 0.6) is 11.5 Å². The zero-order valence-corrected chi connectivity index (χ0v) is 17.7. The van der Waals surface area contributed by atoms with E-state index in [9.17, 15) is 0 Å². The zero-order valence-electron chi connectivity index (χ0n) is 15.6. The second kappa shape index (κ2) is 6.71. The maximum Gasteiger partial charge on any atom is 0.119 e. The molecule has 0 bridgehead atoms. The van der Waals surface area contributed by atoms with Gasteiger partial charge in [-0.2, -0.15) is 0 Å². The van der Waals surface area contributed by atoms with Gasteiger partial charge in [-0.15, -0.1) is 0 Å². The van der Waals surface area contributed by atoms with Crippen LogP contribution in [0.15, 0.2) is 72.8 Å². The van der Waals surface area contributed by atoms with Gasteiger partial charge < -0.3 is 14.0 Å². The highest BCUT2D eigenvalue weighted by Gasteiger charge is 2.16. The molecule has 0 fully saturated rings. The van der Waals surface area contributed by atoms with E-state index in [1.807, 2.05) is 12.1 Å². The summed E-state index contributed by atoms with van der Waals surface area (Å²) in [5.74, 6) is 1.70. The van der Waals surface area contributed by atoms with Gasteiger partial charge in [-0.05, 0) is 76.5 Å². The summed E-state index contributed by atoms with van der Waals surface area (Å²) >= 11 is 2.43. The third kappa shape index (κ3) is 2.55. The van der Waals surface area contributed by atoms with Crippen LogP contribution in [-0.4, -0.2) is 18.8 Å². The minimum absolute atomic E-state index is 0.849. The average Bonchev–Trinajstić information content (AvgIpc) is 3.06. The SMILES string of the molecule is COc1ccc2c(c1)c1cc(OC)ccc1n2-c1cccc2cccc(I)c12. The molecule has 3 nitrogen and oxygen atoms in total. The number of hydrogen-bond donors (Lipinski definition) is 0. The topological polar surface area (TPSA) is 23.4 Å². The Labute approximate surface area is 176 Å². The van der Waals surface area contributed by atoms with E-state index in [0.29, 0.717) is 0 Å². The van der Waals surface area contributed by atoms with Gasteiger partial charge >= 0.3 is 0 Å². The summed E-state index contributed by atoms with van der Waals surface area (Å²) in [4.78, 5) is 0. The lowest BCUT2D eigenvalue weighted by molar-refractivity contribution is 0.415. The summed E-state index contributed by atoms with van der Waals surface area (Å²) in [5, 5.41) is 4.80.